The minimum Gasteiger partial charge on any atom is -0.375 e. The van der Waals surface area contributed by atoms with Crippen LogP contribution < -0.4 is 11.1 Å². The Hall–Kier alpha value is -3.26. The van der Waals surface area contributed by atoms with Gasteiger partial charge in [0.15, 0.2) is 5.13 Å². The zero-order chi connectivity index (χ0) is 23.2. The average Bonchev–Trinajstić information content (AvgIpc) is 3.27. The second kappa shape index (κ2) is 10.6. The van der Waals surface area contributed by atoms with Gasteiger partial charge < -0.3 is 16.0 Å². The Bertz CT molecular complexity index is 1090. The number of hydrogen-bond acceptors (Lipinski definition) is 5. The van der Waals surface area contributed by atoms with E-state index in [-0.39, 0.29) is 36.6 Å². The van der Waals surface area contributed by atoms with E-state index in [1.54, 1.807) is 29.2 Å². The molecule has 0 radical (unpaired) electrons. The van der Waals surface area contributed by atoms with Crippen LogP contribution in [0.2, 0.25) is 0 Å². The van der Waals surface area contributed by atoms with E-state index in [4.69, 9.17) is 5.73 Å². The molecule has 0 aliphatic heterocycles. The average molecular weight is 467 g/mol. The van der Waals surface area contributed by atoms with Crippen LogP contribution in [0.3, 0.4) is 0 Å². The molecule has 172 valence electrons. The fourth-order valence-electron chi connectivity index (χ4n) is 4.15. The smallest absolute Gasteiger partial charge is 0.244 e. The summed E-state index contributed by atoms with van der Waals surface area (Å²) in [7, 11) is 0. The lowest BCUT2D eigenvalue weighted by molar-refractivity contribution is -0.139. The van der Waals surface area contributed by atoms with Crippen LogP contribution in [-0.2, 0) is 16.1 Å². The second-order valence-electron chi connectivity index (χ2n) is 8.35. The summed E-state index contributed by atoms with van der Waals surface area (Å²) in [5.74, 6) is -0.667. The molecular formula is C25H27FN4O2S. The Morgan fingerprint density at radius 1 is 1.06 bits per heavy atom. The standard InChI is InChI=1S/C25H27FN4O2S/c26-20-10-6-17(7-11-20)14-30(24(32)19-4-2-1-3-5-19)15-23(31)28-21-12-8-18(9-13-21)22-16-33-25(27)29-22/h6-13,16,19H,1-5,14-15H2,(H2,27,29)(H,28,31). The Morgan fingerprint density at radius 2 is 1.76 bits per heavy atom. The Kier molecular flexibility index (Phi) is 7.34. The van der Waals surface area contributed by atoms with Gasteiger partial charge in [-0.1, -0.05) is 43.5 Å². The normalized spacial score (nSPS) is 14.1. The SMILES string of the molecule is Nc1nc(-c2ccc(NC(=O)CN(Cc3ccc(F)cc3)C(=O)C3CCCCC3)cc2)cs1. The van der Waals surface area contributed by atoms with Crippen molar-refractivity contribution in [2.75, 3.05) is 17.6 Å². The summed E-state index contributed by atoms with van der Waals surface area (Å²) in [6.07, 6.45) is 4.91. The number of amides is 2. The third kappa shape index (κ3) is 6.16. The summed E-state index contributed by atoms with van der Waals surface area (Å²) in [6, 6.07) is 13.4. The van der Waals surface area contributed by atoms with Crippen molar-refractivity contribution in [2.45, 2.75) is 38.6 Å². The summed E-state index contributed by atoms with van der Waals surface area (Å²) in [5, 5.41) is 5.26. The molecule has 33 heavy (non-hydrogen) atoms. The molecule has 0 spiro atoms. The molecule has 1 saturated carbocycles. The fraction of sp³-hybridized carbons (Fsp3) is 0.320. The fourth-order valence-corrected chi connectivity index (χ4v) is 4.72. The largest absolute Gasteiger partial charge is 0.375 e. The van der Waals surface area contributed by atoms with E-state index >= 15 is 0 Å². The number of nitrogen functional groups attached to an aromatic ring is 1. The first-order valence-electron chi connectivity index (χ1n) is 11.1. The Labute approximate surface area is 196 Å². The van der Waals surface area contributed by atoms with E-state index in [1.165, 1.54) is 23.5 Å². The molecule has 4 rings (SSSR count). The van der Waals surface area contributed by atoms with Crippen LogP contribution in [0.15, 0.2) is 53.9 Å². The van der Waals surface area contributed by atoms with Crippen LogP contribution in [-0.4, -0.2) is 28.2 Å². The lowest BCUT2D eigenvalue weighted by atomic mass is 9.88. The van der Waals surface area contributed by atoms with Crippen molar-refractivity contribution in [2.24, 2.45) is 5.92 Å². The lowest BCUT2D eigenvalue weighted by Crippen LogP contribution is -2.41. The number of nitrogens with zero attached hydrogens (tertiary/aromatic N) is 2. The first-order chi connectivity index (χ1) is 16.0. The number of halogens is 1. The maximum absolute atomic E-state index is 13.3. The molecule has 3 aromatic rings. The van der Waals surface area contributed by atoms with Gasteiger partial charge >= 0.3 is 0 Å². The third-order valence-electron chi connectivity index (χ3n) is 5.87. The summed E-state index contributed by atoms with van der Waals surface area (Å²) >= 11 is 1.38. The van der Waals surface area contributed by atoms with Crippen molar-refractivity contribution >= 4 is 34.0 Å². The topological polar surface area (TPSA) is 88.3 Å². The van der Waals surface area contributed by atoms with E-state index in [2.05, 4.69) is 10.3 Å². The molecule has 0 unspecified atom stereocenters. The monoisotopic (exact) mass is 466 g/mol. The first kappa shape index (κ1) is 22.9. The Morgan fingerprint density at radius 3 is 2.39 bits per heavy atom. The van der Waals surface area contributed by atoms with Gasteiger partial charge in [-0.15, -0.1) is 11.3 Å². The molecule has 0 bridgehead atoms. The number of rotatable bonds is 7. The van der Waals surface area contributed by atoms with Gasteiger partial charge in [0, 0.05) is 29.1 Å². The van der Waals surface area contributed by atoms with Crippen LogP contribution in [0.25, 0.3) is 11.3 Å². The van der Waals surface area contributed by atoms with Crippen molar-refractivity contribution in [1.29, 1.82) is 0 Å². The maximum atomic E-state index is 13.3. The van der Waals surface area contributed by atoms with Crippen LogP contribution in [0.5, 0.6) is 0 Å². The quantitative estimate of drug-likeness (QED) is 0.508. The van der Waals surface area contributed by atoms with Gasteiger partial charge in [-0.3, -0.25) is 9.59 Å². The summed E-state index contributed by atoms with van der Waals surface area (Å²) in [5.41, 5.74) is 8.83. The van der Waals surface area contributed by atoms with Gasteiger partial charge in [-0.2, -0.15) is 0 Å². The van der Waals surface area contributed by atoms with Gasteiger partial charge in [-0.05, 0) is 42.7 Å². The van der Waals surface area contributed by atoms with Gasteiger partial charge in [0.05, 0.1) is 5.69 Å². The maximum Gasteiger partial charge on any atom is 0.244 e. The highest BCUT2D eigenvalue weighted by atomic mass is 32.1. The van der Waals surface area contributed by atoms with Crippen molar-refractivity contribution < 1.29 is 14.0 Å². The molecule has 1 aliphatic carbocycles. The van der Waals surface area contributed by atoms with Gasteiger partial charge in [-0.25, -0.2) is 9.37 Å². The number of anilines is 2. The number of nitrogens with one attached hydrogen (secondary N) is 1. The molecular weight excluding hydrogens is 439 g/mol. The molecule has 0 atom stereocenters. The summed E-state index contributed by atoms with van der Waals surface area (Å²) < 4.78 is 13.3. The number of nitrogens with two attached hydrogens (primary N) is 1. The summed E-state index contributed by atoms with van der Waals surface area (Å²) in [6.45, 7) is 0.213. The van der Waals surface area contributed by atoms with E-state index in [0.717, 1.165) is 48.9 Å². The number of hydrogen-bond donors (Lipinski definition) is 2. The number of thiazole rings is 1. The highest BCUT2D eigenvalue weighted by molar-refractivity contribution is 7.13. The molecule has 6 nitrogen and oxygen atoms in total. The highest BCUT2D eigenvalue weighted by Crippen LogP contribution is 2.27. The predicted octanol–water partition coefficient (Wildman–Crippen LogP) is 5.08. The van der Waals surface area contributed by atoms with E-state index in [0.29, 0.717) is 10.8 Å². The summed E-state index contributed by atoms with van der Waals surface area (Å²) in [4.78, 5) is 31.9. The zero-order valence-corrected chi connectivity index (χ0v) is 19.1. The van der Waals surface area contributed by atoms with Crippen molar-refractivity contribution in [1.82, 2.24) is 9.88 Å². The molecule has 1 aromatic heterocycles. The van der Waals surface area contributed by atoms with Crippen molar-refractivity contribution in [3.05, 3.63) is 65.3 Å². The van der Waals surface area contributed by atoms with Crippen LogP contribution >= 0.6 is 11.3 Å². The highest BCUT2D eigenvalue weighted by Gasteiger charge is 2.27. The minimum atomic E-state index is -0.328. The Balaban J connectivity index is 1.43. The van der Waals surface area contributed by atoms with Gasteiger partial charge in [0.1, 0.15) is 12.4 Å². The van der Waals surface area contributed by atoms with Crippen LogP contribution in [0.4, 0.5) is 15.2 Å². The lowest BCUT2D eigenvalue weighted by Gasteiger charge is -2.29. The molecule has 8 heteroatoms. The minimum absolute atomic E-state index is 0.00866. The number of carbonyl (C=O) groups excluding carboxylic acids is 2. The predicted molar refractivity (Wildman–Crippen MR) is 129 cm³/mol. The molecule has 1 heterocycles. The molecule has 2 aromatic carbocycles. The molecule has 3 N–H and O–H groups in total. The van der Waals surface area contributed by atoms with Crippen LogP contribution in [0, 0.1) is 11.7 Å². The van der Waals surface area contributed by atoms with E-state index in [9.17, 15) is 14.0 Å². The second-order valence-corrected chi connectivity index (χ2v) is 9.24. The third-order valence-corrected chi connectivity index (χ3v) is 6.55. The molecule has 2 amide bonds. The van der Waals surface area contributed by atoms with Crippen molar-refractivity contribution in [3.63, 3.8) is 0 Å². The molecule has 1 aliphatic rings. The molecule has 1 fully saturated rings. The van der Waals surface area contributed by atoms with Crippen molar-refractivity contribution in [3.8, 4) is 11.3 Å². The van der Waals surface area contributed by atoms with E-state index in [1.807, 2.05) is 17.5 Å². The van der Waals surface area contributed by atoms with Gasteiger partial charge in [0.25, 0.3) is 0 Å². The number of carbonyl (C=O) groups is 2. The van der Waals surface area contributed by atoms with Gasteiger partial charge in [0.2, 0.25) is 11.8 Å². The van der Waals surface area contributed by atoms with E-state index < -0.39 is 0 Å². The number of benzene rings is 2. The number of aromatic nitrogens is 1. The zero-order valence-electron chi connectivity index (χ0n) is 18.3. The molecule has 0 saturated heterocycles. The van der Waals surface area contributed by atoms with Crippen LogP contribution in [0.1, 0.15) is 37.7 Å². The first-order valence-corrected chi connectivity index (χ1v) is 12.0.